The number of nitrogens with zero attached hydrogens (tertiary/aromatic N) is 1. The summed E-state index contributed by atoms with van der Waals surface area (Å²) in [4.78, 5) is 13.3. The quantitative estimate of drug-likeness (QED) is 0.744. The molecule has 3 N–H and O–H groups in total. The van der Waals surface area contributed by atoms with Crippen molar-refractivity contribution < 1.29 is 4.79 Å². The minimum Gasteiger partial charge on any atom is -0.378 e. The summed E-state index contributed by atoms with van der Waals surface area (Å²) in [6, 6.07) is 8.04. The van der Waals surface area contributed by atoms with Crippen LogP contribution in [0.5, 0.6) is 0 Å². The lowest BCUT2D eigenvalue weighted by Crippen LogP contribution is -2.38. The molecule has 0 heterocycles. The predicted octanol–water partition coefficient (Wildman–Crippen LogP) is 1.15. The Balaban J connectivity index is 2.29. The van der Waals surface area contributed by atoms with Crippen molar-refractivity contribution in [1.29, 1.82) is 0 Å². The number of hydrogen-bond donors (Lipinski definition) is 2. The third-order valence-corrected chi connectivity index (χ3v) is 2.81. The number of carbonyl (C=O) groups is 1. The third kappa shape index (κ3) is 4.75. The lowest BCUT2D eigenvalue weighted by atomic mass is 10.1. The number of rotatable bonds is 6. The Labute approximate surface area is 109 Å². The van der Waals surface area contributed by atoms with Crippen LogP contribution in [0.4, 0.5) is 5.69 Å². The van der Waals surface area contributed by atoms with Crippen molar-refractivity contribution in [3.05, 3.63) is 29.8 Å². The van der Waals surface area contributed by atoms with Gasteiger partial charge >= 0.3 is 0 Å². The average molecular weight is 249 g/mol. The summed E-state index contributed by atoms with van der Waals surface area (Å²) >= 11 is 0. The van der Waals surface area contributed by atoms with E-state index >= 15 is 0 Å². The van der Waals surface area contributed by atoms with Crippen molar-refractivity contribution in [2.75, 3.05) is 25.5 Å². The third-order valence-electron chi connectivity index (χ3n) is 2.81. The first-order valence-electron chi connectivity index (χ1n) is 6.30. The molecule has 0 unspecified atom stereocenters. The zero-order chi connectivity index (χ0) is 13.5. The maximum atomic E-state index is 11.2. The van der Waals surface area contributed by atoms with Gasteiger partial charge in [0.05, 0.1) is 6.04 Å². The lowest BCUT2D eigenvalue weighted by Gasteiger charge is -2.12. The Morgan fingerprint density at radius 2 is 1.94 bits per heavy atom. The van der Waals surface area contributed by atoms with Gasteiger partial charge in [0.1, 0.15) is 0 Å². The van der Waals surface area contributed by atoms with Crippen LogP contribution in [-0.4, -0.2) is 32.6 Å². The Morgan fingerprint density at radius 1 is 1.33 bits per heavy atom. The molecule has 0 aliphatic carbocycles. The molecule has 18 heavy (non-hydrogen) atoms. The van der Waals surface area contributed by atoms with Gasteiger partial charge in [0.2, 0.25) is 5.91 Å². The highest BCUT2D eigenvalue weighted by Gasteiger charge is 2.05. The number of anilines is 1. The van der Waals surface area contributed by atoms with Gasteiger partial charge in [-0.25, -0.2) is 0 Å². The van der Waals surface area contributed by atoms with Gasteiger partial charge in [0.15, 0.2) is 0 Å². The summed E-state index contributed by atoms with van der Waals surface area (Å²) in [5.74, 6) is -0.0852. The van der Waals surface area contributed by atoms with Crippen molar-refractivity contribution in [3.8, 4) is 0 Å². The van der Waals surface area contributed by atoms with Crippen LogP contribution >= 0.6 is 0 Å². The first kappa shape index (κ1) is 14.5. The van der Waals surface area contributed by atoms with Crippen LogP contribution in [0, 0.1) is 0 Å². The Morgan fingerprint density at radius 3 is 2.44 bits per heavy atom. The van der Waals surface area contributed by atoms with E-state index in [0.717, 1.165) is 12.8 Å². The van der Waals surface area contributed by atoms with E-state index < -0.39 is 6.04 Å². The van der Waals surface area contributed by atoms with Crippen molar-refractivity contribution in [3.63, 3.8) is 0 Å². The summed E-state index contributed by atoms with van der Waals surface area (Å²) in [6.07, 6.45) is 1.90. The number of hydrogen-bond acceptors (Lipinski definition) is 3. The first-order valence-corrected chi connectivity index (χ1v) is 6.30. The van der Waals surface area contributed by atoms with Gasteiger partial charge in [0.25, 0.3) is 0 Å². The standard InChI is InChI=1S/C14H23N3O/c1-11(15)14(18)16-10-4-5-12-6-8-13(9-7-12)17(2)3/h6-9,11H,4-5,10,15H2,1-3H3,(H,16,18)/t11-/m1/s1. The SMILES string of the molecule is C[C@@H](N)C(=O)NCCCc1ccc(N(C)C)cc1. The van der Waals surface area contributed by atoms with Gasteiger partial charge in [-0.2, -0.15) is 0 Å². The lowest BCUT2D eigenvalue weighted by molar-refractivity contribution is -0.121. The minimum absolute atomic E-state index is 0.0852. The van der Waals surface area contributed by atoms with Crippen LogP contribution in [0.1, 0.15) is 18.9 Å². The number of benzene rings is 1. The Hall–Kier alpha value is -1.55. The average Bonchev–Trinajstić information content (AvgIpc) is 2.34. The van der Waals surface area contributed by atoms with E-state index in [0.29, 0.717) is 6.54 Å². The molecule has 0 aromatic heterocycles. The van der Waals surface area contributed by atoms with Crippen molar-refractivity contribution in [1.82, 2.24) is 5.32 Å². The van der Waals surface area contributed by atoms with Gasteiger partial charge in [-0.1, -0.05) is 12.1 Å². The molecule has 0 radical (unpaired) electrons. The summed E-state index contributed by atoms with van der Waals surface area (Å²) < 4.78 is 0. The first-order chi connectivity index (χ1) is 8.50. The molecule has 0 aliphatic heterocycles. The van der Waals surface area contributed by atoms with Gasteiger partial charge in [0, 0.05) is 26.3 Å². The molecule has 4 nitrogen and oxygen atoms in total. The molecule has 1 atom stereocenters. The summed E-state index contributed by atoms with van der Waals surface area (Å²) in [6.45, 7) is 2.37. The summed E-state index contributed by atoms with van der Waals surface area (Å²) in [5, 5.41) is 2.81. The van der Waals surface area contributed by atoms with E-state index in [2.05, 4.69) is 34.5 Å². The number of nitrogens with two attached hydrogens (primary N) is 1. The van der Waals surface area contributed by atoms with Crippen LogP contribution in [0.3, 0.4) is 0 Å². The van der Waals surface area contributed by atoms with E-state index in [9.17, 15) is 4.79 Å². The normalized spacial score (nSPS) is 12.0. The van der Waals surface area contributed by atoms with E-state index in [1.165, 1.54) is 11.3 Å². The molecule has 1 amide bonds. The number of aryl methyl sites for hydroxylation is 1. The molecular weight excluding hydrogens is 226 g/mol. The van der Waals surface area contributed by atoms with Crippen LogP contribution < -0.4 is 16.0 Å². The minimum atomic E-state index is -0.427. The topological polar surface area (TPSA) is 58.4 Å². The maximum Gasteiger partial charge on any atom is 0.236 e. The molecule has 1 rings (SSSR count). The van der Waals surface area contributed by atoms with Crippen LogP contribution in [0.15, 0.2) is 24.3 Å². The Kier molecular flexibility index (Phi) is 5.65. The van der Waals surface area contributed by atoms with Crippen LogP contribution in [0.25, 0.3) is 0 Å². The fourth-order valence-corrected chi connectivity index (χ4v) is 1.63. The number of carbonyl (C=O) groups excluding carboxylic acids is 1. The van der Waals surface area contributed by atoms with Crippen LogP contribution in [-0.2, 0) is 11.2 Å². The second kappa shape index (κ2) is 7.01. The van der Waals surface area contributed by atoms with E-state index in [-0.39, 0.29) is 5.91 Å². The molecule has 0 bridgehead atoms. The monoisotopic (exact) mass is 249 g/mol. The molecular formula is C14H23N3O. The second-order valence-corrected chi connectivity index (χ2v) is 4.74. The number of nitrogens with one attached hydrogen (secondary N) is 1. The summed E-state index contributed by atoms with van der Waals surface area (Å²) in [7, 11) is 4.05. The van der Waals surface area contributed by atoms with E-state index in [1.807, 2.05) is 14.1 Å². The van der Waals surface area contributed by atoms with Gasteiger partial charge in [-0.15, -0.1) is 0 Å². The predicted molar refractivity (Wildman–Crippen MR) is 75.7 cm³/mol. The highest BCUT2D eigenvalue weighted by atomic mass is 16.2. The largest absolute Gasteiger partial charge is 0.378 e. The highest BCUT2D eigenvalue weighted by Crippen LogP contribution is 2.13. The zero-order valence-electron chi connectivity index (χ0n) is 11.4. The van der Waals surface area contributed by atoms with Crippen molar-refractivity contribution in [2.24, 2.45) is 5.73 Å². The smallest absolute Gasteiger partial charge is 0.236 e. The zero-order valence-corrected chi connectivity index (χ0v) is 11.4. The van der Waals surface area contributed by atoms with Gasteiger partial charge < -0.3 is 16.0 Å². The fourth-order valence-electron chi connectivity index (χ4n) is 1.63. The van der Waals surface area contributed by atoms with E-state index in [4.69, 9.17) is 5.73 Å². The fraction of sp³-hybridized carbons (Fsp3) is 0.500. The van der Waals surface area contributed by atoms with Gasteiger partial charge in [-0.3, -0.25) is 4.79 Å². The molecule has 100 valence electrons. The van der Waals surface area contributed by atoms with Crippen molar-refractivity contribution >= 4 is 11.6 Å². The molecule has 4 heteroatoms. The van der Waals surface area contributed by atoms with E-state index in [1.54, 1.807) is 6.92 Å². The molecule has 0 saturated heterocycles. The molecule has 0 spiro atoms. The number of amides is 1. The molecule has 1 aromatic carbocycles. The molecule has 0 aliphatic rings. The summed E-state index contributed by atoms with van der Waals surface area (Å²) in [5.41, 5.74) is 7.94. The Bertz CT molecular complexity index is 371. The maximum absolute atomic E-state index is 11.2. The van der Waals surface area contributed by atoms with Crippen LogP contribution in [0.2, 0.25) is 0 Å². The van der Waals surface area contributed by atoms with Crippen molar-refractivity contribution in [2.45, 2.75) is 25.8 Å². The molecule has 0 fully saturated rings. The molecule has 0 saturated carbocycles. The van der Waals surface area contributed by atoms with Gasteiger partial charge in [-0.05, 0) is 37.5 Å². The second-order valence-electron chi connectivity index (χ2n) is 4.74. The molecule has 1 aromatic rings. The highest BCUT2D eigenvalue weighted by molar-refractivity contribution is 5.80.